The fourth-order valence-corrected chi connectivity index (χ4v) is 3.76. The van der Waals surface area contributed by atoms with Crippen LogP contribution in [0.1, 0.15) is 27.5 Å². The number of furan rings is 1. The molecule has 160 valence electrons. The number of ketones is 1. The molecule has 0 spiro atoms. The third kappa shape index (κ3) is 4.59. The molecule has 8 heteroatoms. The Hall–Kier alpha value is -3.26. The maximum absolute atomic E-state index is 12.7. The minimum Gasteiger partial charge on any atom is -0.486 e. The predicted octanol–water partition coefficient (Wildman–Crippen LogP) is 4.66. The van der Waals surface area contributed by atoms with Gasteiger partial charge in [-0.1, -0.05) is 0 Å². The number of ether oxygens (including phenoxy) is 3. The van der Waals surface area contributed by atoms with Crippen molar-refractivity contribution in [1.82, 2.24) is 4.57 Å². The number of carbonyl (C=O) groups excluding carboxylic acids is 2. The van der Waals surface area contributed by atoms with E-state index in [0.717, 1.165) is 17.1 Å². The second-order valence-electron chi connectivity index (χ2n) is 6.95. The number of rotatable bonds is 6. The monoisotopic (exact) mass is 485 g/mol. The molecule has 0 aliphatic carbocycles. The van der Waals surface area contributed by atoms with E-state index in [2.05, 4.69) is 15.9 Å². The fourth-order valence-electron chi connectivity index (χ4n) is 3.44. The van der Waals surface area contributed by atoms with Crippen molar-refractivity contribution in [3.63, 3.8) is 0 Å². The van der Waals surface area contributed by atoms with Crippen LogP contribution in [0, 0.1) is 13.8 Å². The summed E-state index contributed by atoms with van der Waals surface area (Å²) in [6, 6.07) is 10.9. The Morgan fingerprint density at radius 1 is 1.10 bits per heavy atom. The van der Waals surface area contributed by atoms with Gasteiger partial charge in [0.1, 0.15) is 19.0 Å². The first-order valence-electron chi connectivity index (χ1n) is 9.65. The summed E-state index contributed by atoms with van der Waals surface area (Å²) in [6.07, 6.45) is 2.70. The van der Waals surface area contributed by atoms with Crippen LogP contribution in [0.25, 0.3) is 11.8 Å². The summed E-state index contributed by atoms with van der Waals surface area (Å²) in [7, 11) is 0. The molecule has 3 heterocycles. The molecule has 0 saturated carbocycles. The van der Waals surface area contributed by atoms with Crippen LogP contribution in [0.4, 0.5) is 0 Å². The van der Waals surface area contributed by atoms with Crippen molar-refractivity contribution in [2.45, 2.75) is 13.8 Å². The molecule has 0 unspecified atom stereocenters. The molecule has 2 aromatic heterocycles. The summed E-state index contributed by atoms with van der Waals surface area (Å²) < 4.78 is 24.1. The second-order valence-corrected chi connectivity index (χ2v) is 7.74. The first-order chi connectivity index (χ1) is 14.9. The number of halogens is 1. The molecule has 7 nitrogen and oxygen atoms in total. The molecule has 0 radical (unpaired) electrons. The van der Waals surface area contributed by atoms with Crippen molar-refractivity contribution in [2.24, 2.45) is 0 Å². The number of esters is 1. The van der Waals surface area contributed by atoms with E-state index in [1.165, 1.54) is 12.2 Å². The van der Waals surface area contributed by atoms with Crippen LogP contribution < -0.4 is 9.47 Å². The van der Waals surface area contributed by atoms with E-state index in [-0.39, 0.29) is 12.4 Å². The van der Waals surface area contributed by atoms with Crippen LogP contribution in [0.3, 0.4) is 0 Å². The number of nitrogens with zero attached hydrogens (tertiary/aromatic N) is 1. The number of Topliss-reactive ketones (excluding diaryl/α,β-unsaturated/α-hetero) is 1. The standard InChI is InChI=1S/C23H20BrNO6/c1-14-11-18(19(26)13-30-23(27)8-5-17-4-7-22(24)31-17)15(2)25(14)16-3-6-20-21(12-16)29-10-9-28-20/h3-8,11-12H,9-10,13H2,1-2H3/b8-5+. The van der Waals surface area contributed by atoms with Gasteiger partial charge in [0.15, 0.2) is 22.8 Å². The van der Waals surface area contributed by atoms with Gasteiger partial charge in [-0.15, -0.1) is 0 Å². The van der Waals surface area contributed by atoms with E-state index in [1.54, 1.807) is 18.2 Å². The fraction of sp³-hybridized carbons (Fsp3) is 0.217. The average molecular weight is 486 g/mol. The lowest BCUT2D eigenvalue weighted by molar-refractivity contribution is -0.136. The molecule has 1 aromatic carbocycles. The molecule has 0 N–H and O–H groups in total. The molecular formula is C23H20BrNO6. The Balaban J connectivity index is 1.46. The Labute approximate surface area is 187 Å². The summed E-state index contributed by atoms with van der Waals surface area (Å²) in [5.41, 5.74) is 3.00. The van der Waals surface area contributed by atoms with Crippen molar-refractivity contribution in [1.29, 1.82) is 0 Å². The third-order valence-corrected chi connectivity index (χ3v) is 5.26. The third-order valence-electron chi connectivity index (χ3n) is 4.84. The minimum atomic E-state index is -0.624. The molecular weight excluding hydrogens is 466 g/mol. The number of carbonyl (C=O) groups is 2. The second kappa shape index (κ2) is 8.85. The number of fused-ring (bicyclic) bond motifs is 1. The van der Waals surface area contributed by atoms with Crippen molar-refractivity contribution in [2.75, 3.05) is 19.8 Å². The summed E-state index contributed by atoms with van der Waals surface area (Å²) in [5, 5.41) is 0. The molecule has 0 bridgehead atoms. The van der Waals surface area contributed by atoms with Gasteiger partial charge >= 0.3 is 5.97 Å². The van der Waals surface area contributed by atoms with Gasteiger partial charge in [-0.2, -0.15) is 0 Å². The largest absolute Gasteiger partial charge is 0.486 e. The number of benzene rings is 1. The Morgan fingerprint density at radius 3 is 2.61 bits per heavy atom. The van der Waals surface area contributed by atoms with Gasteiger partial charge < -0.3 is 23.2 Å². The molecule has 31 heavy (non-hydrogen) atoms. The quantitative estimate of drug-likeness (QED) is 0.287. The van der Waals surface area contributed by atoms with E-state index >= 15 is 0 Å². The zero-order chi connectivity index (χ0) is 22.0. The van der Waals surface area contributed by atoms with Gasteiger partial charge in [0.25, 0.3) is 0 Å². The Bertz CT molecular complexity index is 1170. The van der Waals surface area contributed by atoms with Crippen molar-refractivity contribution < 1.29 is 28.2 Å². The maximum Gasteiger partial charge on any atom is 0.331 e. The van der Waals surface area contributed by atoms with Crippen LogP contribution in [0.5, 0.6) is 11.5 Å². The van der Waals surface area contributed by atoms with Crippen molar-refractivity contribution >= 4 is 33.8 Å². The summed E-state index contributed by atoms with van der Waals surface area (Å²) >= 11 is 3.19. The summed E-state index contributed by atoms with van der Waals surface area (Å²) in [5.74, 6) is 0.975. The van der Waals surface area contributed by atoms with Gasteiger partial charge in [0.2, 0.25) is 5.78 Å². The van der Waals surface area contributed by atoms with Gasteiger partial charge in [0, 0.05) is 34.8 Å². The average Bonchev–Trinajstić information content (AvgIpc) is 3.32. The van der Waals surface area contributed by atoms with Gasteiger partial charge in [0.05, 0.1) is 0 Å². The first kappa shape index (κ1) is 21.0. The lowest BCUT2D eigenvalue weighted by atomic mass is 10.1. The molecule has 4 rings (SSSR count). The zero-order valence-electron chi connectivity index (χ0n) is 17.0. The van der Waals surface area contributed by atoms with Crippen LogP contribution in [0.15, 0.2) is 51.6 Å². The predicted molar refractivity (Wildman–Crippen MR) is 117 cm³/mol. The maximum atomic E-state index is 12.7. The number of aryl methyl sites for hydroxylation is 1. The highest BCUT2D eigenvalue weighted by atomic mass is 79.9. The van der Waals surface area contributed by atoms with Gasteiger partial charge in [-0.25, -0.2) is 4.79 Å². The van der Waals surface area contributed by atoms with Gasteiger partial charge in [-0.3, -0.25) is 4.79 Å². The lowest BCUT2D eigenvalue weighted by Crippen LogP contribution is -2.16. The molecule has 1 aliphatic rings. The zero-order valence-corrected chi connectivity index (χ0v) is 18.6. The SMILES string of the molecule is Cc1cc(C(=O)COC(=O)/C=C/c2ccc(Br)o2)c(C)n1-c1ccc2c(c1)OCCO2. The molecule has 0 amide bonds. The van der Waals surface area contributed by atoms with Crippen LogP contribution in [-0.2, 0) is 9.53 Å². The molecule has 0 saturated heterocycles. The van der Waals surface area contributed by atoms with Crippen LogP contribution in [-0.4, -0.2) is 36.1 Å². The normalized spacial score (nSPS) is 12.9. The van der Waals surface area contributed by atoms with Crippen molar-refractivity contribution in [3.8, 4) is 17.2 Å². The smallest absolute Gasteiger partial charge is 0.331 e. The van der Waals surface area contributed by atoms with Gasteiger partial charge in [-0.05, 0) is 66.2 Å². The van der Waals surface area contributed by atoms with E-state index in [0.29, 0.717) is 40.7 Å². The first-order valence-corrected chi connectivity index (χ1v) is 10.4. The topological polar surface area (TPSA) is 79.9 Å². The van der Waals surface area contributed by atoms with E-state index < -0.39 is 5.97 Å². The molecule has 0 fully saturated rings. The number of aromatic nitrogens is 1. The van der Waals surface area contributed by atoms with E-state index in [9.17, 15) is 9.59 Å². The Morgan fingerprint density at radius 2 is 1.87 bits per heavy atom. The molecule has 3 aromatic rings. The summed E-state index contributed by atoms with van der Waals surface area (Å²) in [4.78, 5) is 24.6. The summed E-state index contributed by atoms with van der Waals surface area (Å²) in [6.45, 7) is 4.45. The molecule has 0 atom stereocenters. The lowest BCUT2D eigenvalue weighted by Gasteiger charge is -2.20. The number of hydrogen-bond donors (Lipinski definition) is 0. The van der Waals surface area contributed by atoms with E-state index in [1.807, 2.05) is 36.6 Å². The van der Waals surface area contributed by atoms with Crippen LogP contribution >= 0.6 is 15.9 Å². The van der Waals surface area contributed by atoms with E-state index in [4.69, 9.17) is 18.6 Å². The highest BCUT2D eigenvalue weighted by Crippen LogP contribution is 2.33. The highest BCUT2D eigenvalue weighted by Gasteiger charge is 2.19. The van der Waals surface area contributed by atoms with Crippen LogP contribution in [0.2, 0.25) is 0 Å². The van der Waals surface area contributed by atoms with Crippen molar-refractivity contribution in [3.05, 3.63) is 69.9 Å². The number of hydrogen-bond acceptors (Lipinski definition) is 6. The Kier molecular flexibility index (Phi) is 5.99. The minimum absolute atomic E-state index is 0.278. The molecule has 1 aliphatic heterocycles. The highest BCUT2D eigenvalue weighted by molar-refractivity contribution is 9.10.